The van der Waals surface area contributed by atoms with E-state index in [4.69, 9.17) is 5.73 Å². The number of phenolic OH excluding ortho intramolecular Hbond substituents is 1. The van der Waals surface area contributed by atoms with Crippen LogP contribution in [0.5, 0.6) is 5.75 Å². The average molecular weight is 351 g/mol. The standard InChI is InChI=1S/C17H25N3O5/c1-9(2)14(20-15(22)10(3)18)16(23)19-13(17(24)25)8-11-4-6-12(21)7-5-11/h4-7,9-10,13-14,21H,8,18H2,1-3H3,(H,19,23)(H,20,22)(H,24,25). The Hall–Kier alpha value is -2.61. The minimum atomic E-state index is -1.19. The third-order valence-corrected chi connectivity index (χ3v) is 3.65. The fraction of sp³-hybridized carbons (Fsp3) is 0.471. The van der Waals surface area contributed by atoms with Gasteiger partial charge in [-0.15, -0.1) is 0 Å². The van der Waals surface area contributed by atoms with Crippen LogP contribution < -0.4 is 16.4 Å². The number of hydrogen-bond acceptors (Lipinski definition) is 5. The molecule has 0 aromatic heterocycles. The van der Waals surface area contributed by atoms with E-state index in [0.29, 0.717) is 5.56 Å². The van der Waals surface area contributed by atoms with Crippen LogP contribution in [0.3, 0.4) is 0 Å². The first kappa shape index (κ1) is 20.4. The molecule has 2 amide bonds. The number of carboxylic acid groups (broad SMARTS) is 1. The minimum absolute atomic E-state index is 0.0490. The molecule has 0 fully saturated rings. The van der Waals surface area contributed by atoms with Gasteiger partial charge in [-0.3, -0.25) is 9.59 Å². The van der Waals surface area contributed by atoms with E-state index in [1.165, 1.54) is 19.1 Å². The smallest absolute Gasteiger partial charge is 0.326 e. The Morgan fingerprint density at radius 2 is 1.60 bits per heavy atom. The molecule has 0 aliphatic heterocycles. The number of phenols is 1. The molecule has 0 aliphatic rings. The number of aromatic hydroxyl groups is 1. The van der Waals surface area contributed by atoms with Crippen molar-refractivity contribution in [2.75, 3.05) is 0 Å². The number of benzene rings is 1. The Morgan fingerprint density at radius 1 is 1.04 bits per heavy atom. The fourth-order valence-corrected chi connectivity index (χ4v) is 2.15. The van der Waals surface area contributed by atoms with Crippen LogP contribution in [0, 0.1) is 5.92 Å². The second kappa shape index (κ2) is 9.03. The quantitative estimate of drug-likeness (QED) is 0.446. The topological polar surface area (TPSA) is 142 Å². The van der Waals surface area contributed by atoms with Crippen molar-refractivity contribution in [3.05, 3.63) is 29.8 Å². The molecule has 1 aromatic carbocycles. The van der Waals surface area contributed by atoms with Gasteiger partial charge in [-0.05, 0) is 30.5 Å². The molecule has 1 rings (SSSR count). The zero-order valence-electron chi connectivity index (χ0n) is 14.5. The Labute approximate surface area is 146 Å². The summed E-state index contributed by atoms with van der Waals surface area (Å²) < 4.78 is 0. The first-order valence-corrected chi connectivity index (χ1v) is 7.98. The number of carbonyl (C=O) groups excluding carboxylic acids is 2. The van der Waals surface area contributed by atoms with Gasteiger partial charge in [-0.1, -0.05) is 26.0 Å². The number of hydrogen-bond donors (Lipinski definition) is 5. The molecule has 8 nitrogen and oxygen atoms in total. The Kier molecular flexibility index (Phi) is 7.38. The van der Waals surface area contributed by atoms with Crippen LogP contribution in [0.2, 0.25) is 0 Å². The van der Waals surface area contributed by atoms with Crippen molar-refractivity contribution in [1.29, 1.82) is 0 Å². The van der Waals surface area contributed by atoms with Gasteiger partial charge in [0.15, 0.2) is 0 Å². The highest BCUT2D eigenvalue weighted by Gasteiger charge is 2.29. The summed E-state index contributed by atoms with van der Waals surface area (Å²) in [6.45, 7) is 4.97. The second-order valence-electron chi connectivity index (χ2n) is 6.29. The molecule has 25 heavy (non-hydrogen) atoms. The van der Waals surface area contributed by atoms with Crippen molar-refractivity contribution in [1.82, 2.24) is 10.6 Å². The monoisotopic (exact) mass is 351 g/mol. The van der Waals surface area contributed by atoms with E-state index in [-0.39, 0.29) is 18.1 Å². The number of rotatable bonds is 8. The van der Waals surface area contributed by atoms with E-state index in [1.807, 2.05) is 0 Å². The summed E-state index contributed by atoms with van der Waals surface area (Å²) in [6, 6.07) is 3.21. The lowest BCUT2D eigenvalue weighted by molar-refractivity contribution is -0.142. The number of aliphatic carboxylic acids is 1. The van der Waals surface area contributed by atoms with E-state index in [9.17, 15) is 24.6 Å². The predicted octanol–water partition coefficient (Wildman–Crippen LogP) is -0.00790. The highest BCUT2D eigenvalue weighted by molar-refractivity contribution is 5.91. The van der Waals surface area contributed by atoms with Gasteiger partial charge in [0.05, 0.1) is 6.04 Å². The number of nitrogens with two attached hydrogens (primary N) is 1. The van der Waals surface area contributed by atoms with Gasteiger partial charge in [0.1, 0.15) is 17.8 Å². The first-order valence-electron chi connectivity index (χ1n) is 7.98. The lowest BCUT2D eigenvalue weighted by Crippen LogP contribution is -2.56. The van der Waals surface area contributed by atoms with Crippen LogP contribution >= 0.6 is 0 Å². The molecule has 138 valence electrons. The van der Waals surface area contributed by atoms with Crippen LogP contribution in [-0.2, 0) is 20.8 Å². The SMILES string of the molecule is CC(N)C(=O)NC(C(=O)NC(Cc1ccc(O)cc1)C(=O)O)C(C)C. The summed E-state index contributed by atoms with van der Waals surface area (Å²) in [5.74, 6) is -2.44. The third kappa shape index (κ3) is 6.42. The van der Waals surface area contributed by atoms with Gasteiger partial charge in [0.2, 0.25) is 11.8 Å². The summed E-state index contributed by atoms with van der Waals surface area (Å²) in [5, 5.41) is 23.6. The molecule has 0 heterocycles. The molecule has 0 radical (unpaired) electrons. The Morgan fingerprint density at radius 3 is 2.04 bits per heavy atom. The van der Waals surface area contributed by atoms with Crippen LogP contribution in [0.25, 0.3) is 0 Å². The molecule has 3 unspecified atom stereocenters. The minimum Gasteiger partial charge on any atom is -0.508 e. The van der Waals surface area contributed by atoms with Gasteiger partial charge in [0, 0.05) is 6.42 Å². The lowest BCUT2D eigenvalue weighted by Gasteiger charge is -2.24. The van der Waals surface area contributed by atoms with Crippen LogP contribution in [0.4, 0.5) is 0 Å². The molecule has 1 aromatic rings. The number of nitrogens with one attached hydrogen (secondary N) is 2. The van der Waals surface area contributed by atoms with Gasteiger partial charge in [-0.2, -0.15) is 0 Å². The van der Waals surface area contributed by atoms with E-state index in [2.05, 4.69) is 10.6 Å². The van der Waals surface area contributed by atoms with Crippen molar-refractivity contribution in [2.45, 2.75) is 45.3 Å². The van der Waals surface area contributed by atoms with Gasteiger partial charge in [0.25, 0.3) is 0 Å². The van der Waals surface area contributed by atoms with Gasteiger partial charge >= 0.3 is 5.97 Å². The molecule has 0 bridgehead atoms. The van der Waals surface area contributed by atoms with Crippen LogP contribution in [-0.4, -0.2) is 46.1 Å². The molecule has 0 saturated carbocycles. The third-order valence-electron chi connectivity index (χ3n) is 3.65. The maximum atomic E-state index is 12.4. The first-order chi connectivity index (χ1) is 11.6. The Bertz CT molecular complexity index is 613. The highest BCUT2D eigenvalue weighted by atomic mass is 16.4. The zero-order chi connectivity index (χ0) is 19.1. The van der Waals surface area contributed by atoms with Crippen molar-refractivity contribution >= 4 is 17.8 Å². The fourth-order valence-electron chi connectivity index (χ4n) is 2.15. The molecule has 0 spiro atoms. The van der Waals surface area contributed by atoms with E-state index in [1.54, 1.807) is 26.0 Å². The molecule has 0 saturated heterocycles. The molecular formula is C17H25N3O5. The zero-order valence-corrected chi connectivity index (χ0v) is 14.5. The van der Waals surface area contributed by atoms with E-state index >= 15 is 0 Å². The molecule has 3 atom stereocenters. The maximum Gasteiger partial charge on any atom is 0.326 e. The average Bonchev–Trinajstić information content (AvgIpc) is 2.52. The summed E-state index contributed by atoms with van der Waals surface area (Å²) in [5.41, 5.74) is 6.13. The predicted molar refractivity (Wildman–Crippen MR) is 91.8 cm³/mol. The Balaban J connectivity index is 2.83. The molecular weight excluding hydrogens is 326 g/mol. The number of carboxylic acids is 1. The summed E-state index contributed by atoms with van der Waals surface area (Å²) in [4.78, 5) is 35.6. The lowest BCUT2D eigenvalue weighted by atomic mass is 10.0. The summed E-state index contributed by atoms with van der Waals surface area (Å²) in [6.07, 6.45) is 0.0490. The second-order valence-corrected chi connectivity index (χ2v) is 6.29. The summed E-state index contributed by atoms with van der Waals surface area (Å²) in [7, 11) is 0. The number of carbonyl (C=O) groups is 3. The highest BCUT2D eigenvalue weighted by Crippen LogP contribution is 2.12. The van der Waals surface area contributed by atoms with E-state index < -0.39 is 35.9 Å². The molecule has 8 heteroatoms. The maximum absolute atomic E-state index is 12.4. The van der Waals surface area contributed by atoms with E-state index in [0.717, 1.165) is 0 Å². The van der Waals surface area contributed by atoms with Crippen LogP contribution in [0.1, 0.15) is 26.3 Å². The van der Waals surface area contributed by atoms with Crippen molar-refractivity contribution in [3.63, 3.8) is 0 Å². The summed E-state index contributed by atoms with van der Waals surface area (Å²) >= 11 is 0. The largest absolute Gasteiger partial charge is 0.508 e. The van der Waals surface area contributed by atoms with Gasteiger partial charge < -0.3 is 26.6 Å². The molecule has 0 aliphatic carbocycles. The van der Waals surface area contributed by atoms with Gasteiger partial charge in [-0.25, -0.2) is 4.79 Å². The van der Waals surface area contributed by atoms with Crippen LogP contribution in [0.15, 0.2) is 24.3 Å². The van der Waals surface area contributed by atoms with Crippen molar-refractivity contribution < 1.29 is 24.6 Å². The molecule has 6 N–H and O–H groups in total. The van der Waals surface area contributed by atoms with Crippen molar-refractivity contribution in [2.24, 2.45) is 11.7 Å². The number of amides is 2. The van der Waals surface area contributed by atoms with Crippen molar-refractivity contribution in [3.8, 4) is 5.75 Å². The normalized spacial score (nSPS) is 14.4.